The van der Waals surface area contributed by atoms with Crippen LogP contribution in [0.1, 0.15) is 95.1 Å². The van der Waals surface area contributed by atoms with Crippen LogP contribution in [0.15, 0.2) is 42.5 Å². The second-order valence-electron chi connectivity index (χ2n) is 11.9. The number of ether oxygens (including phenoxy) is 1. The number of carbonyl (C=O) groups is 3. The molecule has 3 amide bonds. The summed E-state index contributed by atoms with van der Waals surface area (Å²) in [6.45, 7) is 12.6. The molecule has 1 aliphatic rings. The average molecular weight is 508 g/mol. The van der Waals surface area contributed by atoms with E-state index in [0.717, 1.165) is 31.2 Å². The smallest absolute Gasteiger partial charge is 0.276 e. The van der Waals surface area contributed by atoms with Crippen LogP contribution < -0.4 is 20.9 Å². The molecule has 3 rings (SSSR count). The van der Waals surface area contributed by atoms with Crippen LogP contribution in [0.4, 0.5) is 5.69 Å². The van der Waals surface area contributed by atoms with E-state index in [4.69, 9.17) is 4.74 Å². The molecular formula is C30H41N3O4. The van der Waals surface area contributed by atoms with Gasteiger partial charge in [0.05, 0.1) is 0 Å². The molecule has 7 heteroatoms. The highest BCUT2D eigenvalue weighted by molar-refractivity contribution is 5.97. The number of anilines is 1. The molecule has 0 unspecified atom stereocenters. The molecule has 200 valence electrons. The highest BCUT2D eigenvalue weighted by Crippen LogP contribution is 2.35. The van der Waals surface area contributed by atoms with Gasteiger partial charge in [-0.2, -0.15) is 0 Å². The molecule has 0 saturated heterocycles. The van der Waals surface area contributed by atoms with E-state index in [-0.39, 0.29) is 29.3 Å². The van der Waals surface area contributed by atoms with Gasteiger partial charge < -0.3 is 10.1 Å². The van der Waals surface area contributed by atoms with Crippen molar-refractivity contribution in [1.82, 2.24) is 10.9 Å². The Morgan fingerprint density at radius 2 is 1.49 bits per heavy atom. The third kappa shape index (κ3) is 8.07. The fourth-order valence-electron chi connectivity index (χ4n) is 4.40. The zero-order valence-corrected chi connectivity index (χ0v) is 23.0. The molecule has 1 fully saturated rings. The standard InChI is InChI=1S/C30H41N3O4/c1-29(2,3)22-14-17-25(24(18-22)30(4,5)6)37-19-26(34)32-33-28(36)21-12-15-23(16-13-21)31-27(35)20-10-8-7-9-11-20/h12-18,20H,7-11,19H2,1-6H3,(H,31,35)(H,32,34)(H,33,36). The first-order valence-electron chi connectivity index (χ1n) is 13.1. The Morgan fingerprint density at radius 1 is 0.838 bits per heavy atom. The maximum atomic E-state index is 12.5. The van der Waals surface area contributed by atoms with E-state index in [2.05, 4.69) is 63.8 Å². The second kappa shape index (κ2) is 11.8. The maximum Gasteiger partial charge on any atom is 0.276 e. The molecule has 0 bridgehead atoms. The second-order valence-corrected chi connectivity index (χ2v) is 11.9. The molecule has 0 spiro atoms. The third-order valence-electron chi connectivity index (χ3n) is 6.72. The molecule has 7 nitrogen and oxygen atoms in total. The quantitative estimate of drug-likeness (QED) is 0.441. The van der Waals surface area contributed by atoms with Crippen molar-refractivity contribution in [1.29, 1.82) is 0 Å². The van der Waals surface area contributed by atoms with Crippen LogP contribution in [0.5, 0.6) is 5.75 Å². The first-order chi connectivity index (χ1) is 17.3. The van der Waals surface area contributed by atoms with E-state index in [1.54, 1.807) is 24.3 Å². The number of amides is 3. The summed E-state index contributed by atoms with van der Waals surface area (Å²) >= 11 is 0. The number of carbonyl (C=O) groups excluding carboxylic acids is 3. The fourth-order valence-corrected chi connectivity index (χ4v) is 4.40. The van der Waals surface area contributed by atoms with Crippen LogP contribution in [-0.2, 0) is 20.4 Å². The van der Waals surface area contributed by atoms with Crippen molar-refractivity contribution >= 4 is 23.4 Å². The van der Waals surface area contributed by atoms with Crippen LogP contribution in [0.25, 0.3) is 0 Å². The van der Waals surface area contributed by atoms with Gasteiger partial charge in [0, 0.05) is 17.2 Å². The summed E-state index contributed by atoms with van der Waals surface area (Å²) in [5, 5.41) is 2.93. The number of hydrazine groups is 1. The van der Waals surface area contributed by atoms with Gasteiger partial charge in [-0.15, -0.1) is 0 Å². The molecule has 3 N–H and O–H groups in total. The topological polar surface area (TPSA) is 96.5 Å². The molecule has 1 aliphatic carbocycles. The summed E-state index contributed by atoms with van der Waals surface area (Å²) in [7, 11) is 0. The van der Waals surface area contributed by atoms with E-state index >= 15 is 0 Å². The number of rotatable bonds is 6. The summed E-state index contributed by atoms with van der Waals surface area (Å²) in [5.41, 5.74) is 7.88. The van der Waals surface area contributed by atoms with Gasteiger partial charge in [-0.3, -0.25) is 25.2 Å². The fraction of sp³-hybridized carbons (Fsp3) is 0.500. The van der Waals surface area contributed by atoms with Crippen molar-refractivity contribution in [2.45, 2.75) is 84.5 Å². The van der Waals surface area contributed by atoms with Crippen LogP contribution in [0, 0.1) is 5.92 Å². The molecule has 1 saturated carbocycles. The van der Waals surface area contributed by atoms with Gasteiger partial charge in [-0.25, -0.2) is 0 Å². The molecule has 0 heterocycles. The Morgan fingerprint density at radius 3 is 2.08 bits per heavy atom. The van der Waals surface area contributed by atoms with Crippen molar-refractivity contribution in [2.75, 3.05) is 11.9 Å². The van der Waals surface area contributed by atoms with E-state index in [1.807, 2.05) is 12.1 Å². The number of hydrogen-bond acceptors (Lipinski definition) is 4. The lowest BCUT2D eigenvalue weighted by molar-refractivity contribution is -0.124. The molecule has 0 atom stereocenters. The van der Waals surface area contributed by atoms with Crippen LogP contribution in [0.3, 0.4) is 0 Å². The molecule has 37 heavy (non-hydrogen) atoms. The van der Waals surface area contributed by atoms with Gasteiger partial charge in [0.1, 0.15) is 5.75 Å². The summed E-state index contributed by atoms with van der Waals surface area (Å²) in [4.78, 5) is 37.2. The van der Waals surface area contributed by atoms with Crippen molar-refractivity contribution in [3.63, 3.8) is 0 Å². The zero-order valence-electron chi connectivity index (χ0n) is 23.0. The van der Waals surface area contributed by atoms with Crippen LogP contribution in [-0.4, -0.2) is 24.3 Å². The zero-order chi connectivity index (χ0) is 27.2. The van der Waals surface area contributed by atoms with E-state index in [0.29, 0.717) is 17.0 Å². The Labute approximate surface area is 220 Å². The first-order valence-corrected chi connectivity index (χ1v) is 13.1. The van der Waals surface area contributed by atoms with Gasteiger partial charge in [-0.1, -0.05) is 72.9 Å². The predicted molar refractivity (Wildman–Crippen MR) is 147 cm³/mol. The SMILES string of the molecule is CC(C)(C)c1ccc(OCC(=O)NNC(=O)c2ccc(NC(=O)C3CCCCC3)cc2)c(C(C)(C)C)c1. The lowest BCUT2D eigenvalue weighted by atomic mass is 9.80. The van der Waals surface area contributed by atoms with Crippen molar-refractivity contribution in [3.8, 4) is 5.75 Å². The van der Waals surface area contributed by atoms with Gasteiger partial charge in [0.25, 0.3) is 11.8 Å². The molecule has 0 aliphatic heterocycles. The molecular weight excluding hydrogens is 466 g/mol. The number of benzene rings is 2. The molecule has 2 aromatic carbocycles. The normalized spacial score (nSPS) is 14.5. The Hall–Kier alpha value is -3.35. The summed E-state index contributed by atoms with van der Waals surface area (Å²) in [5.74, 6) is -0.183. The molecule has 2 aromatic rings. The summed E-state index contributed by atoms with van der Waals surface area (Å²) < 4.78 is 5.83. The van der Waals surface area contributed by atoms with Gasteiger partial charge in [0.2, 0.25) is 5.91 Å². The monoisotopic (exact) mass is 507 g/mol. The van der Waals surface area contributed by atoms with Crippen LogP contribution >= 0.6 is 0 Å². The minimum absolute atomic E-state index is 0.000628. The number of hydrogen-bond donors (Lipinski definition) is 3. The largest absolute Gasteiger partial charge is 0.483 e. The van der Waals surface area contributed by atoms with E-state index in [1.165, 1.54) is 12.0 Å². The van der Waals surface area contributed by atoms with Gasteiger partial charge >= 0.3 is 0 Å². The average Bonchev–Trinajstić information content (AvgIpc) is 2.85. The van der Waals surface area contributed by atoms with Gasteiger partial charge in [-0.05, 0) is 65.1 Å². The lowest BCUT2D eigenvalue weighted by Crippen LogP contribution is -2.43. The van der Waals surface area contributed by atoms with Crippen LogP contribution in [0.2, 0.25) is 0 Å². The Balaban J connectivity index is 1.51. The highest BCUT2D eigenvalue weighted by atomic mass is 16.5. The maximum absolute atomic E-state index is 12.5. The Bertz CT molecular complexity index is 1110. The van der Waals surface area contributed by atoms with Crippen molar-refractivity contribution in [3.05, 3.63) is 59.2 Å². The first kappa shape index (κ1) is 28.2. The molecule has 0 radical (unpaired) electrons. The van der Waals surface area contributed by atoms with Crippen molar-refractivity contribution < 1.29 is 19.1 Å². The van der Waals surface area contributed by atoms with Crippen molar-refractivity contribution in [2.24, 2.45) is 5.92 Å². The molecule has 0 aromatic heterocycles. The summed E-state index contributed by atoms with van der Waals surface area (Å²) in [6.07, 6.45) is 5.23. The lowest BCUT2D eigenvalue weighted by Gasteiger charge is -2.27. The van der Waals surface area contributed by atoms with E-state index < -0.39 is 11.8 Å². The minimum atomic E-state index is -0.468. The minimum Gasteiger partial charge on any atom is -0.483 e. The predicted octanol–water partition coefficient (Wildman–Crippen LogP) is 5.64. The number of nitrogens with one attached hydrogen (secondary N) is 3. The Kier molecular flexibility index (Phi) is 9.00. The highest BCUT2D eigenvalue weighted by Gasteiger charge is 2.24. The third-order valence-corrected chi connectivity index (χ3v) is 6.72. The van der Waals surface area contributed by atoms with Gasteiger partial charge in [0.15, 0.2) is 6.61 Å². The summed E-state index contributed by atoms with van der Waals surface area (Å²) in [6, 6.07) is 12.7. The van der Waals surface area contributed by atoms with E-state index in [9.17, 15) is 14.4 Å².